The summed E-state index contributed by atoms with van der Waals surface area (Å²) in [6.45, 7) is 0. The third-order valence-corrected chi connectivity index (χ3v) is 5.43. The molecule has 0 aromatic heterocycles. The molecule has 0 saturated heterocycles. The Hall–Kier alpha value is -0.760. The number of hydrogen-bond acceptors (Lipinski definition) is 3. The third-order valence-electron chi connectivity index (χ3n) is 2.46. The first-order valence-electron chi connectivity index (χ1n) is 5.33. The fourth-order valence-electron chi connectivity index (χ4n) is 1.53. The normalized spacial score (nSPS) is 11.3. The van der Waals surface area contributed by atoms with Crippen molar-refractivity contribution in [3.05, 3.63) is 50.4 Å². The Morgan fingerprint density at radius 3 is 2.30 bits per heavy atom. The van der Waals surface area contributed by atoms with Crippen LogP contribution in [-0.4, -0.2) is 8.42 Å². The van der Waals surface area contributed by atoms with Crippen LogP contribution in [-0.2, 0) is 10.0 Å². The van der Waals surface area contributed by atoms with E-state index in [0.717, 1.165) is 0 Å². The van der Waals surface area contributed by atoms with Crippen LogP contribution in [0.15, 0.2) is 50.2 Å². The van der Waals surface area contributed by atoms with Gasteiger partial charge in [-0.25, -0.2) is 8.42 Å². The van der Waals surface area contributed by atoms with Crippen LogP contribution in [0.4, 0.5) is 11.4 Å². The highest BCUT2D eigenvalue weighted by atomic mass is 79.9. The van der Waals surface area contributed by atoms with E-state index >= 15 is 0 Å². The van der Waals surface area contributed by atoms with Crippen molar-refractivity contribution in [1.82, 2.24) is 0 Å². The number of nitrogens with two attached hydrogens (primary N) is 1. The minimum Gasteiger partial charge on any atom is -0.398 e. The molecule has 2 rings (SSSR count). The van der Waals surface area contributed by atoms with Gasteiger partial charge < -0.3 is 5.73 Å². The van der Waals surface area contributed by atoms with Gasteiger partial charge in [0.1, 0.15) is 4.90 Å². The molecule has 0 aliphatic rings. The average Bonchev–Trinajstić information content (AvgIpc) is 2.37. The van der Waals surface area contributed by atoms with E-state index in [1.165, 1.54) is 18.2 Å². The van der Waals surface area contributed by atoms with Crippen molar-refractivity contribution in [3.8, 4) is 0 Å². The van der Waals surface area contributed by atoms with Crippen molar-refractivity contribution >= 4 is 64.9 Å². The van der Waals surface area contributed by atoms with E-state index in [-0.39, 0.29) is 10.6 Å². The van der Waals surface area contributed by atoms with Crippen molar-refractivity contribution in [3.63, 3.8) is 0 Å². The molecule has 0 spiro atoms. The van der Waals surface area contributed by atoms with Gasteiger partial charge in [-0.1, -0.05) is 17.7 Å². The largest absolute Gasteiger partial charge is 0.398 e. The molecule has 0 amide bonds. The Balaban J connectivity index is 2.49. The van der Waals surface area contributed by atoms with Crippen LogP contribution in [0.25, 0.3) is 0 Å². The predicted molar refractivity (Wildman–Crippen MR) is 88.5 cm³/mol. The van der Waals surface area contributed by atoms with Gasteiger partial charge in [0.2, 0.25) is 0 Å². The summed E-state index contributed by atoms with van der Waals surface area (Å²) < 4.78 is 28.5. The number of sulfonamides is 1. The number of rotatable bonds is 3. The molecule has 2 aromatic rings. The predicted octanol–water partition coefficient (Wildman–Crippen LogP) is 4.25. The number of hydrogen-bond donors (Lipinski definition) is 2. The van der Waals surface area contributed by atoms with Gasteiger partial charge in [-0.05, 0) is 62.2 Å². The Morgan fingerprint density at radius 1 is 1.10 bits per heavy atom. The molecule has 8 heteroatoms. The maximum Gasteiger partial charge on any atom is 0.264 e. The van der Waals surface area contributed by atoms with Gasteiger partial charge in [0.05, 0.1) is 11.4 Å². The van der Waals surface area contributed by atoms with E-state index in [1.807, 2.05) is 0 Å². The van der Waals surface area contributed by atoms with Crippen molar-refractivity contribution < 1.29 is 8.42 Å². The summed E-state index contributed by atoms with van der Waals surface area (Å²) in [6, 6.07) is 9.52. The van der Waals surface area contributed by atoms with Gasteiger partial charge in [-0.15, -0.1) is 0 Å². The number of halogens is 3. The summed E-state index contributed by atoms with van der Waals surface area (Å²) in [6.07, 6.45) is 0. The zero-order valence-electron chi connectivity index (χ0n) is 9.90. The highest BCUT2D eigenvalue weighted by molar-refractivity contribution is 9.11. The highest BCUT2D eigenvalue weighted by Gasteiger charge is 2.20. The minimum atomic E-state index is -3.83. The maximum atomic E-state index is 12.4. The van der Waals surface area contributed by atoms with Crippen LogP contribution in [0.3, 0.4) is 0 Å². The standard InChI is InChI=1S/C12H9Br2ClN2O2S/c13-8-2-1-3-9(14)12(8)17-20(18,19)11-6-7(15)4-5-10(11)16/h1-6,17H,16H2. The van der Waals surface area contributed by atoms with E-state index in [9.17, 15) is 8.42 Å². The van der Waals surface area contributed by atoms with Crippen LogP contribution < -0.4 is 10.5 Å². The van der Waals surface area contributed by atoms with E-state index in [1.54, 1.807) is 18.2 Å². The van der Waals surface area contributed by atoms with Crippen LogP contribution in [0, 0.1) is 0 Å². The lowest BCUT2D eigenvalue weighted by Crippen LogP contribution is -2.15. The van der Waals surface area contributed by atoms with Crippen LogP contribution in [0.1, 0.15) is 0 Å². The SMILES string of the molecule is Nc1ccc(Cl)cc1S(=O)(=O)Nc1c(Br)cccc1Br. The van der Waals surface area contributed by atoms with Crippen LogP contribution >= 0.6 is 43.5 Å². The molecule has 0 radical (unpaired) electrons. The third kappa shape index (κ3) is 3.28. The zero-order valence-corrected chi connectivity index (χ0v) is 14.6. The van der Waals surface area contributed by atoms with Gasteiger partial charge in [0, 0.05) is 14.0 Å². The summed E-state index contributed by atoms with van der Waals surface area (Å²) >= 11 is 12.4. The Kier molecular flexibility index (Phi) is 4.63. The van der Waals surface area contributed by atoms with Gasteiger partial charge >= 0.3 is 0 Å². The molecule has 0 saturated carbocycles. The van der Waals surface area contributed by atoms with E-state index in [0.29, 0.717) is 19.7 Å². The molecule has 106 valence electrons. The molecule has 20 heavy (non-hydrogen) atoms. The summed E-state index contributed by atoms with van der Waals surface area (Å²) in [7, 11) is -3.83. The summed E-state index contributed by atoms with van der Waals surface area (Å²) in [5.74, 6) is 0. The van der Waals surface area contributed by atoms with Gasteiger partial charge in [-0.3, -0.25) is 4.72 Å². The van der Waals surface area contributed by atoms with Crippen molar-refractivity contribution in [2.75, 3.05) is 10.5 Å². The lowest BCUT2D eigenvalue weighted by molar-refractivity contribution is 0.601. The molecule has 3 N–H and O–H groups in total. The second-order valence-electron chi connectivity index (χ2n) is 3.88. The van der Waals surface area contributed by atoms with Crippen LogP contribution in [0.2, 0.25) is 5.02 Å². The Labute approximate surface area is 138 Å². The topological polar surface area (TPSA) is 72.2 Å². The molecular weight excluding hydrogens is 431 g/mol. The highest BCUT2D eigenvalue weighted by Crippen LogP contribution is 2.33. The fraction of sp³-hybridized carbons (Fsp3) is 0. The van der Waals surface area contributed by atoms with E-state index in [2.05, 4.69) is 36.6 Å². The molecule has 4 nitrogen and oxygen atoms in total. The minimum absolute atomic E-state index is 0.0624. The van der Waals surface area contributed by atoms with Crippen molar-refractivity contribution in [2.24, 2.45) is 0 Å². The summed E-state index contributed by atoms with van der Waals surface area (Å²) in [5.41, 5.74) is 6.23. The number of nitrogens with one attached hydrogen (secondary N) is 1. The first kappa shape index (κ1) is 15.6. The molecule has 0 aliphatic heterocycles. The summed E-state index contributed by atoms with van der Waals surface area (Å²) in [4.78, 5) is -0.0624. The molecule has 0 bridgehead atoms. The molecular formula is C12H9Br2ClN2O2S. The Morgan fingerprint density at radius 2 is 1.70 bits per heavy atom. The molecule has 0 fully saturated rings. The first-order valence-corrected chi connectivity index (χ1v) is 8.78. The molecule has 2 aromatic carbocycles. The lowest BCUT2D eigenvalue weighted by Gasteiger charge is -2.13. The number of anilines is 2. The second kappa shape index (κ2) is 5.93. The molecule has 0 unspecified atom stereocenters. The van der Waals surface area contributed by atoms with Gasteiger partial charge in [0.15, 0.2) is 0 Å². The first-order chi connectivity index (χ1) is 9.31. The van der Waals surface area contributed by atoms with Crippen molar-refractivity contribution in [2.45, 2.75) is 4.90 Å². The fourth-order valence-corrected chi connectivity index (χ4v) is 4.48. The number of para-hydroxylation sites is 1. The molecule has 0 aliphatic carbocycles. The second-order valence-corrected chi connectivity index (χ2v) is 7.68. The number of benzene rings is 2. The summed E-state index contributed by atoms with van der Waals surface area (Å²) in [5, 5.41) is 0.297. The Bertz CT molecular complexity index is 746. The van der Waals surface area contributed by atoms with Gasteiger partial charge in [-0.2, -0.15) is 0 Å². The van der Waals surface area contributed by atoms with Gasteiger partial charge in [0.25, 0.3) is 10.0 Å². The number of nitrogen functional groups attached to an aromatic ring is 1. The van der Waals surface area contributed by atoms with Crippen LogP contribution in [0.5, 0.6) is 0 Å². The lowest BCUT2D eigenvalue weighted by atomic mass is 10.3. The smallest absolute Gasteiger partial charge is 0.264 e. The monoisotopic (exact) mass is 438 g/mol. The maximum absolute atomic E-state index is 12.4. The molecule has 0 atom stereocenters. The zero-order chi connectivity index (χ0) is 14.9. The van der Waals surface area contributed by atoms with E-state index in [4.69, 9.17) is 17.3 Å². The van der Waals surface area contributed by atoms with E-state index < -0.39 is 10.0 Å². The van der Waals surface area contributed by atoms with Crippen molar-refractivity contribution in [1.29, 1.82) is 0 Å². The quantitative estimate of drug-likeness (QED) is 0.701. The molecule has 0 heterocycles. The average molecular weight is 441 g/mol.